The zero-order valence-corrected chi connectivity index (χ0v) is 15.0. The summed E-state index contributed by atoms with van der Waals surface area (Å²) in [7, 11) is -1.79. The molecule has 1 aliphatic heterocycles. The van der Waals surface area contributed by atoms with E-state index < -0.39 is 21.3 Å². The first kappa shape index (κ1) is 18.0. The number of halogens is 2. The van der Waals surface area contributed by atoms with Crippen LogP contribution in [0.2, 0.25) is 10.0 Å². The molecule has 1 aromatic carbocycles. The molecule has 1 aromatic rings. The van der Waals surface area contributed by atoms with Gasteiger partial charge in [0.15, 0.2) is 0 Å². The average molecular weight is 367 g/mol. The summed E-state index contributed by atoms with van der Waals surface area (Å²) in [5.41, 5.74) is 0.759. The zero-order valence-electron chi connectivity index (χ0n) is 12.7. The van der Waals surface area contributed by atoms with E-state index in [-0.39, 0.29) is 12.5 Å². The van der Waals surface area contributed by atoms with Crippen LogP contribution in [0.3, 0.4) is 0 Å². The normalized spacial score (nSPS) is 23.4. The van der Waals surface area contributed by atoms with Gasteiger partial charge in [-0.25, -0.2) is 13.1 Å². The summed E-state index contributed by atoms with van der Waals surface area (Å²) in [6.45, 7) is 4.41. The topological polar surface area (TPSA) is 58.6 Å². The number of nitrogens with one attached hydrogen (secondary N) is 1. The van der Waals surface area contributed by atoms with Gasteiger partial charge in [0.25, 0.3) is 0 Å². The lowest BCUT2D eigenvalue weighted by Gasteiger charge is -2.23. The Bertz CT molecular complexity index is 637. The SMILES string of the molecule is CC(C)CNS(=O)(=O)C1CON(C)C1c1ccc(Cl)c(Cl)c1. The third kappa shape index (κ3) is 3.93. The molecule has 2 rings (SSSR count). The van der Waals surface area contributed by atoms with Crippen LogP contribution in [0.5, 0.6) is 0 Å². The van der Waals surface area contributed by atoms with Crippen LogP contribution in [0.15, 0.2) is 18.2 Å². The number of hydrogen-bond donors (Lipinski definition) is 1. The summed E-state index contributed by atoms with van der Waals surface area (Å²) in [6.07, 6.45) is 0. The number of sulfonamides is 1. The van der Waals surface area contributed by atoms with Crippen LogP contribution in [0.1, 0.15) is 25.5 Å². The van der Waals surface area contributed by atoms with Crippen LogP contribution in [-0.2, 0) is 14.9 Å². The third-order valence-electron chi connectivity index (χ3n) is 3.56. The van der Waals surface area contributed by atoms with Crippen LogP contribution in [-0.4, -0.2) is 38.9 Å². The van der Waals surface area contributed by atoms with E-state index in [1.807, 2.05) is 13.8 Å². The summed E-state index contributed by atoms with van der Waals surface area (Å²) in [6, 6.07) is 4.69. The summed E-state index contributed by atoms with van der Waals surface area (Å²) in [4.78, 5) is 5.43. The second kappa shape index (κ2) is 7.03. The summed E-state index contributed by atoms with van der Waals surface area (Å²) >= 11 is 12.0. The fraction of sp³-hybridized carbons (Fsp3) is 0.571. The van der Waals surface area contributed by atoms with Gasteiger partial charge in [-0.15, -0.1) is 0 Å². The van der Waals surface area contributed by atoms with Gasteiger partial charge in [0.1, 0.15) is 5.25 Å². The molecule has 1 N–H and O–H groups in total. The van der Waals surface area contributed by atoms with Crippen molar-refractivity contribution in [3.05, 3.63) is 33.8 Å². The first-order valence-electron chi connectivity index (χ1n) is 7.01. The predicted octanol–water partition coefficient (Wildman–Crippen LogP) is 2.86. The second-order valence-corrected chi connectivity index (χ2v) is 8.58. The van der Waals surface area contributed by atoms with Gasteiger partial charge in [-0.2, -0.15) is 5.06 Å². The van der Waals surface area contributed by atoms with Crippen molar-refractivity contribution in [2.24, 2.45) is 5.92 Å². The largest absolute Gasteiger partial charge is 0.297 e. The molecule has 1 aliphatic rings. The molecule has 124 valence electrons. The fourth-order valence-corrected chi connectivity index (χ4v) is 4.36. The molecule has 0 aromatic heterocycles. The maximum Gasteiger partial charge on any atom is 0.218 e. The third-order valence-corrected chi connectivity index (χ3v) is 6.06. The van der Waals surface area contributed by atoms with Crippen molar-refractivity contribution in [1.29, 1.82) is 0 Å². The zero-order chi connectivity index (χ0) is 16.5. The van der Waals surface area contributed by atoms with Crippen LogP contribution in [0.25, 0.3) is 0 Å². The van der Waals surface area contributed by atoms with Crippen molar-refractivity contribution in [3.63, 3.8) is 0 Å². The molecule has 0 bridgehead atoms. The van der Waals surface area contributed by atoms with E-state index in [2.05, 4.69) is 4.72 Å². The molecule has 0 amide bonds. The minimum atomic E-state index is -3.50. The fourth-order valence-electron chi connectivity index (χ4n) is 2.37. The molecule has 8 heteroatoms. The van der Waals surface area contributed by atoms with Crippen molar-refractivity contribution in [1.82, 2.24) is 9.79 Å². The van der Waals surface area contributed by atoms with Gasteiger partial charge in [0, 0.05) is 13.6 Å². The lowest BCUT2D eigenvalue weighted by atomic mass is 10.0. The van der Waals surface area contributed by atoms with Gasteiger partial charge in [0.05, 0.1) is 22.7 Å². The van der Waals surface area contributed by atoms with Gasteiger partial charge in [-0.3, -0.25) is 4.84 Å². The molecule has 0 spiro atoms. The molecule has 2 unspecified atom stereocenters. The molecule has 0 saturated carbocycles. The lowest BCUT2D eigenvalue weighted by molar-refractivity contribution is -0.110. The summed E-state index contributed by atoms with van der Waals surface area (Å²) < 4.78 is 27.7. The monoisotopic (exact) mass is 366 g/mol. The molecule has 0 radical (unpaired) electrons. The number of hydroxylamine groups is 2. The molecular formula is C14H20Cl2N2O3S. The highest BCUT2D eigenvalue weighted by Gasteiger charge is 2.43. The van der Waals surface area contributed by atoms with Crippen molar-refractivity contribution in [3.8, 4) is 0 Å². The van der Waals surface area contributed by atoms with E-state index in [0.717, 1.165) is 5.56 Å². The first-order chi connectivity index (χ1) is 10.2. The summed E-state index contributed by atoms with van der Waals surface area (Å²) in [5, 5.41) is 1.68. The highest BCUT2D eigenvalue weighted by atomic mass is 35.5. The minimum absolute atomic E-state index is 0.106. The highest BCUT2D eigenvalue weighted by Crippen LogP contribution is 2.35. The first-order valence-corrected chi connectivity index (χ1v) is 9.31. The quantitative estimate of drug-likeness (QED) is 0.870. The maximum absolute atomic E-state index is 12.5. The van der Waals surface area contributed by atoms with Crippen molar-refractivity contribution < 1.29 is 13.3 Å². The highest BCUT2D eigenvalue weighted by molar-refractivity contribution is 7.90. The Morgan fingerprint density at radius 2 is 2.05 bits per heavy atom. The van der Waals surface area contributed by atoms with Gasteiger partial charge >= 0.3 is 0 Å². The predicted molar refractivity (Wildman–Crippen MR) is 88.5 cm³/mol. The molecular weight excluding hydrogens is 347 g/mol. The molecule has 2 atom stereocenters. The number of benzene rings is 1. The smallest absolute Gasteiger partial charge is 0.218 e. The molecule has 1 saturated heterocycles. The van der Waals surface area contributed by atoms with E-state index in [1.54, 1.807) is 30.3 Å². The minimum Gasteiger partial charge on any atom is -0.297 e. The Labute approximate surface area is 141 Å². The van der Waals surface area contributed by atoms with Crippen molar-refractivity contribution in [2.45, 2.75) is 25.1 Å². The molecule has 1 heterocycles. The standard InChI is InChI=1S/C14H20Cl2N2O3S/c1-9(2)7-17-22(19,20)13-8-21-18(3)14(13)10-4-5-11(15)12(16)6-10/h4-6,9,13-14,17H,7-8H2,1-3H3. The number of rotatable bonds is 5. The van der Waals surface area contributed by atoms with Crippen molar-refractivity contribution >= 4 is 33.2 Å². The van der Waals surface area contributed by atoms with Crippen LogP contribution in [0, 0.1) is 5.92 Å². The van der Waals surface area contributed by atoms with Gasteiger partial charge in [0.2, 0.25) is 10.0 Å². The Balaban J connectivity index is 2.29. The molecule has 1 fully saturated rings. The van der Waals surface area contributed by atoms with E-state index in [0.29, 0.717) is 16.6 Å². The summed E-state index contributed by atoms with van der Waals surface area (Å²) in [5.74, 6) is 0.234. The van der Waals surface area contributed by atoms with E-state index >= 15 is 0 Å². The Morgan fingerprint density at radius 1 is 1.36 bits per heavy atom. The molecule has 5 nitrogen and oxygen atoms in total. The van der Waals surface area contributed by atoms with E-state index in [4.69, 9.17) is 28.0 Å². The van der Waals surface area contributed by atoms with Crippen molar-refractivity contribution in [2.75, 3.05) is 20.2 Å². The van der Waals surface area contributed by atoms with Crippen LogP contribution in [0.4, 0.5) is 0 Å². The van der Waals surface area contributed by atoms with Gasteiger partial charge < -0.3 is 0 Å². The van der Waals surface area contributed by atoms with Gasteiger partial charge in [-0.05, 0) is 23.6 Å². The van der Waals surface area contributed by atoms with Gasteiger partial charge in [-0.1, -0.05) is 43.1 Å². The Hall–Kier alpha value is -0.370. The maximum atomic E-state index is 12.5. The lowest BCUT2D eigenvalue weighted by Crippen LogP contribution is -2.40. The van der Waals surface area contributed by atoms with E-state index in [1.165, 1.54) is 0 Å². The number of nitrogens with zero attached hydrogens (tertiary/aromatic N) is 1. The molecule has 0 aliphatic carbocycles. The Kier molecular flexibility index (Phi) is 5.74. The average Bonchev–Trinajstić information content (AvgIpc) is 2.82. The number of hydrogen-bond acceptors (Lipinski definition) is 4. The Morgan fingerprint density at radius 3 is 2.64 bits per heavy atom. The van der Waals surface area contributed by atoms with E-state index in [9.17, 15) is 8.42 Å². The second-order valence-electron chi connectivity index (χ2n) is 5.79. The molecule has 22 heavy (non-hydrogen) atoms. The van der Waals surface area contributed by atoms with Crippen LogP contribution >= 0.6 is 23.2 Å². The van der Waals surface area contributed by atoms with Crippen LogP contribution < -0.4 is 4.72 Å².